The molecule has 5 heteroatoms. The molecule has 0 saturated carbocycles. The van der Waals surface area contributed by atoms with Gasteiger partial charge < -0.3 is 4.90 Å². The quantitative estimate of drug-likeness (QED) is 0.344. The van der Waals surface area contributed by atoms with Crippen molar-refractivity contribution in [1.82, 2.24) is 4.90 Å². The van der Waals surface area contributed by atoms with Crippen LogP contribution in [0.5, 0.6) is 0 Å². The maximum Gasteiger partial charge on any atom is 0.266 e. The molecule has 0 aromatic heterocycles. The number of amides is 1. The van der Waals surface area contributed by atoms with Crippen LogP contribution >= 0.6 is 11.8 Å². The second-order valence-electron chi connectivity index (χ2n) is 9.03. The molecule has 5 rings (SSSR count). The molecule has 2 fully saturated rings. The minimum atomic E-state index is 0.0397. The summed E-state index contributed by atoms with van der Waals surface area (Å²) < 4.78 is 0. The first-order chi connectivity index (χ1) is 17.3. The maximum absolute atomic E-state index is 13.4. The molecule has 2 saturated heterocycles. The van der Waals surface area contributed by atoms with Crippen molar-refractivity contribution in [3.63, 3.8) is 0 Å². The molecule has 0 radical (unpaired) electrons. The number of benzene rings is 3. The van der Waals surface area contributed by atoms with Gasteiger partial charge in [-0.1, -0.05) is 60.7 Å². The van der Waals surface area contributed by atoms with Crippen molar-refractivity contribution < 1.29 is 4.79 Å². The van der Waals surface area contributed by atoms with Gasteiger partial charge in [-0.3, -0.25) is 9.69 Å². The molecule has 3 aromatic rings. The number of nitrogens with zero attached hydrogens (tertiary/aromatic N) is 3. The van der Waals surface area contributed by atoms with Crippen molar-refractivity contribution in [1.29, 1.82) is 0 Å². The van der Waals surface area contributed by atoms with E-state index in [1.54, 1.807) is 0 Å². The highest BCUT2D eigenvalue weighted by Gasteiger charge is 2.33. The fraction of sp³-hybridized carbons (Fsp3) is 0.267. The topological polar surface area (TPSA) is 35.9 Å². The van der Waals surface area contributed by atoms with Crippen LogP contribution in [0.2, 0.25) is 0 Å². The summed E-state index contributed by atoms with van der Waals surface area (Å²) in [5.74, 6) is 0.0397. The summed E-state index contributed by atoms with van der Waals surface area (Å²) in [4.78, 5) is 23.3. The molecule has 0 bridgehead atoms. The second-order valence-corrected chi connectivity index (χ2v) is 10.0. The van der Waals surface area contributed by atoms with Gasteiger partial charge >= 0.3 is 0 Å². The first-order valence-electron chi connectivity index (χ1n) is 12.5. The van der Waals surface area contributed by atoms with E-state index >= 15 is 0 Å². The number of hydrogen-bond acceptors (Lipinski definition) is 4. The number of amidine groups is 1. The van der Waals surface area contributed by atoms with Crippen LogP contribution in [0.25, 0.3) is 6.08 Å². The lowest BCUT2D eigenvalue weighted by atomic mass is 10.1. The molecule has 0 spiro atoms. The number of aryl methyl sites for hydroxylation is 1. The normalized spacial score (nSPS) is 18.6. The van der Waals surface area contributed by atoms with Gasteiger partial charge in [-0.05, 0) is 85.3 Å². The molecule has 0 aliphatic carbocycles. The van der Waals surface area contributed by atoms with E-state index in [2.05, 4.69) is 53.4 Å². The Morgan fingerprint density at radius 3 is 2.23 bits per heavy atom. The number of carbonyl (C=O) groups excluding carboxylic acids is 1. The van der Waals surface area contributed by atoms with Crippen molar-refractivity contribution in [3.8, 4) is 0 Å². The van der Waals surface area contributed by atoms with Gasteiger partial charge in [-0.15, -0.1) is 0 Å². The van der Waals surface area contributed by atoms with Crippen molar-refractivity contribution in [2.75, 3.05) is 24.5 Å². The first kappa shape index (κ1) is 23.4. The molecule has 2 aliphatic heterocycles. The monoisotopic (exact) mass is 481 g/mol. The highest BCUT2D eigenvalue weighted by Crippen LogP contribution is 2.34. The fourth-order valence-corrected chi connectivity index (χ4v) is 5.60. The van der Waals surface area contributed by atoms with E-state index in [-0.39, 0.29) is 5.91 Å². The van der Waals surface area contributed by atoms with Gasteiger partial charge in [0.1, 0.15) is 0 Å². The molecule has 0 N–H and O–H groups in total. The van der Waals surface area contributed by atoms with Crippen molar-refractivity contribution in [2.24, 2.45) is 4.99 Å². The number of hydrogen-bond donors (Lipinski definition) is 0. The number of piperidine rings is 1. The van der Waals surface area contributed by atoms with E-state index in [1.165, 1.54) is 42.3 Å². The Balaban J connectivity index is 1.33. The SMILES string of the molecule is O=C1/C(=C/c2ccc(N3CCCCC3)cc2)SC(=Nc2ccccc2)N1CCCc1ccccc1. The van der Waals surface area contributed by atoms with Gasteiger partial charge in [0.2, 0.25) is 0 Å². The van der Waals surface area contributed by atoms with E-state index in [4.69, 9.17) is 4.99 Å². The Kier molecular flexibility index (Phi) is 7.64. The summed E-state index contributed by atoms with van der Waals surface area (Å²) in [5, 5.41) is 0.755. The van der Waals surface area contributed by atoms with E-state index in [9.17, 15) is 4.79 Å². The third-order valence-electron chi connectivity index (χ3n) is 6.47. The molecule has 3 aromatic carbocycles. The highest BCUT2D eigenvalue weighted by atomic mass is 32.2. The molecule has 1 amide bonds. The van der Waals surface area contributed by atoms with Crippen LogP contribution in [0.1, 0.15) is 36.8 Å². The minimum Gasteiger partial charge on any atom is -0.372 e. The Labute approximate surface area is 212 Å². The third kappa shape index (κ3) is 6.04. The standard InChI is InChI=1S/C30H31N3OS/c34-29-28(23-25-16-18-27(19-17-25)32-20-8-3-9-21-32)35-30(31-26-14-6-2-7-15-26)33(29)22-10-13-24-11-4-1-5-12-24/h1-2,4-7,11-12,14-19,23H,3,8-10,13,20-22H2/b28-23-,31-30?. The lowest BCUT2D eigenvalue weighted by Crippen LogP contribution is -2.30. The Bertz CT molecular complexity index is 1180. The van der Waals surface area contributed by atoms with Crippen molar-refractivity contribution in [2.45, 2.75) is 32.1 Å². The minimum absolute atomic E-state index is 0.0397. The van der Waals surface area contributed by atoms with Crippen molar-refractivity contribution >= 4 is 40.3 Å². The molecule has 178 valence electrons. The average molecular weight is 482 g/mol. The molecule has 2 aliphatic rings. The summed E-state index contributed by atoms with van der Waals surface area (Å²) in [6.07, 6.45) is 7.69. The predicted octanol–water partition coefficient (Wildman–Crippen LogP) is 6.91. The highest BCUT2D eigenvalue weighted by molar-refractivity contribution is 8.18. The zero-order valence-electron chi connectivity index (χ0n) is 20.0. The predicted molar refractivity (Wildman–Crippen MR) is 148 cm³/mol. The van der Waals surface area contributed by atoms with E-state index in [0.29, 0.717) is 6.54 Å². The van der Waals surface area contributed by atoms with E-state index in [1.807, 2.05) is 47.4 Å². The van der Waals surface area contributed by atoms with Crippen LogP contribution < -0.4 is 4.90 Å². The van der Waals surface area contributed by atoms with Crippen molar-refractivity contribution in [3.05, 3.63) is 101 Å². The molecule has 2 heterocycles. The van der Waals surface area contributed by atoms with Gasteiger partial charge in [0.25, 0.3) is 5.91 Å². The van der Waals surface area contributed by atoms with Crippen LogP contribution in [0.15, 0.2) is 94.8 Å². The Morgan fingerprint density at radius 2 is 1.51 bits per heavy atom. The first-order valence-corrected chi connectivity index (χ1v) is 13.3. The van der Waals surface area contributed by atoms with Gasteiger partial charge in [0.05, 0.1) is 10.6 Å². The van der Waals surface area contributed by atoms with Gasteiger partial charge in [-0.2, -0.15) is 0 Å². The smallest absolute Gasteiger partial charge is 0.266 e. The molecule has 35 heavy (non-hydrogen) atoms. The molecule has 4 nitrogen and oxygen atoms in total. The number of thioether (sulfide) groups is 1. The number of aliphatic imine (C=N–C) groups is 1. The molecule has 0 unspecified atom stereocenters. The molecule has 0 atom stereocenters. The molecular formula is C30H31N3OS. The third-order valence-corrected chi connectivity index (χ3v) is 7.48. The summed E-state index contributed by atoms with van der Waals surface area (Å²) in [5.41, 5.74) is 4.47. The lowest BCUT2D eigenvalue weighted by Gasteiger charge is -2.28. The van der Waals surface area contributed by atoms with Crippen LogP contribution in [-0.4, -0.2) is 35.6 Å². The van der Waals surface area contributed by atoms with E-state index in [0.717, 1.165) is 47.3 Å². The van der Waals surface area contributed by atoms with E-state index < -0.39 is 0 Å². The van der Waals surface area contributed by atoms with Crippen LogP contribution in [-0.2, 0) is 11.2 Å². The van der Waals surface area contributed by atoms with Gasteiger partial charge in [-0.25, -0.2) is 4.99 Å². The zero-order valence-corrected chi connectivity index (χ0v) is 20.8. The van der Waals surface area contributed by atoms with Crippen LogP contribution in [0.3, 0.4) is 0 Å². The number of anilines is 1. The second kappa shape index (κ2) is 11.4. The average Bonchev–Trinajstić information content (AvgIpc) is 3.20. The Hall–Kier alpha value is -3.31. The van der Waals surface area contributed by atoms with Gasteiger partial charge in [0.15, 0.2) is 5.17 Å². The van der Waals surface area contributed by atoms with Crippen LogP contribution in [0, 0.1) is 0 Å². The Morgan fingerprint density at radius 1 is 0.829 bits per heavy atom. The number of carbonyl (C=O) groups is 1. The largest absolute Gasteiger partial charge is 0.372 e. The van der Waals surface area contributed by atoms with Gasteiger partial charge in [0, 0.05) is 25.3 Å². The number of rotatable bonds is 7. The fourth-order valence-electron chi connectivity index (χ4n) is 4.57. The molecular weight excluding hydrogens is 450 g/mol. The number of para-hydroxylation sites is 1. The summed E-state index contributed by atoms with van der Waals surface area (Å²) in [6, 6.07) is 28.9. The summed E-state index contributed by atoms with van der Waals surface area (Å²) in [6.45, 7) is 2.91. The lowest BCUT2D eigenvalue weighted by molar-refractivity contribution is -0.122. The summed E-state index contributed by atoms with van der Waals surface area (Å²) >= 11 is 1.47. The summed E-state index contributed by atoms with van der Waals surface area (Å²) in [7, 11) is 0. The zero-order chi connectivity index (χ0) is 23.9. The maximum atomic E-state index is 13.4. The van der Waals surface area contributed by atoms with Crippen LogP contribution in [0.4, 0.5) is 11.4 Å².